The number of unbranched alkanes of at least 4 members (excludes halogenated alkanes) is 1. The minimum atomic E-state index is 0.721. The molecule has 0 saturated carbocycles. The quantitative estimate of drug-likeness (QED) is 0.843. The summed E-state index contributed by atoms with van der Waals surface area (Å²) in [7, 11) is 0. The van der Waals surface area contributed by atoms with Crippen molar-refractivity contribution in [2.45, 2.75) is 26.3 Å². The van der Waals surface area contributed by atoms with E-state index in [0.29, 0.717) is 0 Å². The van der Waals surface area contributed by atoms with E-state index in [1.165, 1.54) is 0 Å². The molecule has 0 aliphatic carbocycles. The van der Waals surface area contributed by atoms with Crippen molar-refractivity contribution in [3.8, 4) is 0 Å². The van der Waals surface area contributed by atoms with Gasteiger partial charge in [0.05, 0.1) is 10.7 Å². The van der Waals surface area contributed by atoms with E-state index in [-0.39, 0.29) is 0 Å². The van der Waals surface area contributed by atoms with E-state index >= 15 is 0 Å². The molecule has 0 amide bonds. The third-order valence-electron chi connectivity index (χ3n) is 1.56. The Kier molecular flexibility index (Phi) is 2.93. The average Bonchev–Trinajstić information content (AvgIpc) is 2.31. The first-order chi connectivity index (χ1) is 5.25. The highest BCUT2D eigenvalue weighted by molar-refractivity contribution is 9.10. The summed E-state index contributed by atoms with van der Waals surface area (Å²) in [6.07, 6.45) is 4.01. The van der Waals surface area contributed by atoms with Crippen molar-refractivity contribution in [3.63, 3.8) is 0 Å². The minimum Gasteiger partial charge on any atom is -0.383 e. The Morgan fingerprint density at radius 3 is 2.91 bits per heavy atom. The molecule has 62 valence electrons. The van der Waals surface area contributed by atoms with Crippen LogP contribution in [0.1, 0.15) is 19.8 Å². The van der Waals surface area contributed by atoms with Crippen LogP contribution in [0, 0.1) is 0 Å². The van der Waals surface area contributed by atoms with Crippen LogP contribution >= 0.6 is 15.9 Å². The fourth-order valence-electron chi connectivity index (χ4n) is 0.858. The molecule has 0 fully saturated rings. The number of aryl methyl sites for hydroxylation is 1. The minimum absolute atomic E-state index is 0.721. The number of hydrogen-bond acceptors (Lipinski definition) is 2. The molecular formula is C7H12BrN3. The molecule has 0 aliphatic rings. The zero-order valence-electron chi connectivity index (χ0n) is 6.55. The van der Waals surface area contributed by atoms with Gasteiger partial charge in [0.25, 0.3) is 0 Å². The van der Waals surface area contributed by atoms with Crippen LogP contribution < -0.4 is 5.73 Å². The van der Waals surface area contributed by atoms with Crippen LogP contribution in [0.25, 0.3) is 0 Å². The number of hydrogen-bond donors (Lipinski definition) is 1. The second-order valence-electron chi connectivity index (χ2n) is 2.45. The molecule has 0 aromatic carbocycles. The molecule has 4 heteroatoms. The number of rotatable bonds is 3. The standard InChI is InChI=1S/C7H12BrN3/c1-2-3-4-11-7(9)6(8)5-10-11/h5H,2-4,9H2,1H3. The third-order valence-corrected chi connectivity index (χ3v) is 2.17. The van der Waals surface area contributed by atoms with Gasteiger partial charge in [0.1, 0.15) is 5.82 Å². The maximum atomic E-state index is 5.70. The first kappa shape index (κ1) is 8.59. The van der Waals surface area contributed by atoms with E-state index < -0.39 is 0 Å². The topological polar surface area (TPSA) is 43.8 Å². The van der Waals surface area contributed by atoms with Crippen molar-refractivity contribution < 1.29 is 0 Å². The molecule has 3 nitrogen and oxygen atoms in total. The summed E-state index contributed by atoms with van der Waals surface area (Å²) in [4.78, 5) is 0. The van der Waals surface area contributed by atoms with Gasteiger partial charge in [0.2, 0.25) is 0 Å². The lowest BCUT2D eigenvalue weighted by Crippen LogP contribution is -2.04. The van der Waals surface area contributed by atoms with Crippen molar-refractivity contribution >= 4 is 21.7 Å². The highest BCUT2D eigenvalue weighted by Crippen LogP contribution is 2.17. The van der Waals surface area contributed by atoms with Crippen LogP contribution in [0.3, 0.4) is 0 Å². The van der Waals surface area contributed by atoms with Crippen LogP contribution in [-0.2, 0) is 6.54 Å². The molecule has 2 N–H and O–H groups in total. The highest BCUT2D eigenvalue weighted by atomic mass is 79.9. The van der Waals surface area contributed by atoms with Crippen molar-refractivity contribution in [1.82, 2.24) is 9.78 Å². The van der Waals surface area contributed by atoms with Crippen molar-refractivity contribution in [2.24, 2.45) is 0 Å². The lowest BCUT2D eigenvalue weighted by Gasteiger charge is -2.01. The summed E-state index contributed by atoms with van der Waals surface area (Å²) < 4.78 is 2.70. The first-order valence-corrected chi connectivity index (χ1v) is 4.51. The molecule has 1 rings (SSSR count). The molecule has 11 heavy (non-hydrogen) atoms. The van der Waals surface area contributed by atoms with Gasteiger partial charge in [-0.2, -0.15) is 5.10 Å². The van der Waals surface area contributed by atoms with Crippen LogP contribution in [0.2, 0.25) is 0 Å². The summed E-state index contributed by atoms with van der Waals surface area (Å²) in [5, 5.41) is 4.10. The number of anilines is 1. The highest BCUT2D eigenvalue weighted by Gasteiger charge is 2.02. The van der Waals surface area contributed by atoms with Gasteiger partial charge < -0.3 is 5.73 Å². The predicted molar refractivity (Wildman–Crippen MR) is 49.2 cm³/mol. The number of aromatic nitrogens is 2. The number of nitrogens with zero attached hydrogens (tertiary/aromatic N) is 2. The molecule has 0 spiro atoms. The Bertz CT molecular complexity index is 232. The lowest BCUT2D eigenvalue weighted by molar-refractivity contribution is 0.579. The third kappa shape index (κ3) is 1.96. The van der Waals surface area contributed by atoms with Crippen LogP contribution in [0.4, 0.5) is 5.82 Å². The Morgan fingerprint density at radius 1 is 1.73 bits per heavy atom. The fourth-order valence-corrected chi connectivity index (χ4v) is 1.15. The van der Waals surface area contributed by atoms with Gasteiger partial charge >= 0.3 is 0 Å². The lowest BCUT2D eigenvalue weighted by atomic mass is 10.3. The maximum Gasteiger partial charge on any atom is 0.136 e. The molecule has 0 aliphatic heterocycles. The molecule has 1 aromatic rings. The number of nitrogens with two attached hydrogens (primary N) is 1. The Balaban J connectivity index is 2.63. The van der Waals surface area contributed by atoms with Crippen LogP contribution in [-0.4, -0.2) is 9.78 Å². The molecule has 0 atom stereocenters. The van der Waals surface area contributed by atoms with Crippen molar-refractivity contribution in [3.05, 3.63) is 10.7 Å². The van der Waals surface area contributed by atoms with Gasteiger partial charge in [-0.25, -0.2) is 4.68 Å². The van der Waals surface area contributed by atoms with Crippen molar-refractivity contribution in [2.75, 3.05) is 5.73 Å². The summed E-state index contributed by atoms with van der Waals surface area (Å²) in [6.45, 7) is 3.06. The van der Waals surface area contributed by atoms with Gasteiger partial charge in [-0.1, -0.05) is 13.3 Å². The zero-order chi connectivity index (χ0) is 8.27. The normalized spacial score (nSPS) is 10.4. The largest absolute Gasteiger partial charge is 0.383 e. The SMILES string of the molecule is CCCCn1ncc(Br)c1N. The molecule has 1 aromatic heterocycles. The van der Waals surface area contributed by atoms with Gasteiger partial charge in [0, 0.05) is 6.54 Å². The summed E-state index contributed by atoms with van der Waals surface area (Å²) in [5.41, 5.74) is 5.70. The van der Waals surface area contributed by atoms with E-state index in [2.05, 4.69) is 28.0 Å². The molecule has 1 heterocycles. The fraction of sp³-hybridized carbons (Fsp3) is 0.571. The van der Waals surface area contributed by atoms with Crippen molar-refractivity contribution in [1.29, 1.82) is 0 Å². The smallest absolute Gasteiger partial charge is 0.136 e. The maximum absolute atomic E-state index is 5.70. The van der Waals surface area contributed by atoms with Gasteiger partial charge in [-0.3, -0.25) is 0 Å². The van der Waals surface area contributed by atoms with Crippen LogP contribution in [0.5, 0.6) is 0 Å². The van der Waals surface area contributed by atoms with E-state index in [4.69, 9.17) is 5.73 Å². The second-order valence-corrected chi connectivity index (χ2v) is 3.31. The van der Waals surface area contributed by atoms with Gasteiger partial charge in [-0.15, -0.1) is 0 Å². The summed E-state index contributed by atoms with van der Waals surface area (Å²) >= 11 is 3.30. The molecule has 0 radical (unpaired) electrons. The molecule has 0 unspecified atom stereocenters. The summed E-state index contributed by atoms with van der Waals surface area (Å²) in [6, 6.07) is 0. The number of halogens is 1. The zero-order valence-corrected chi connectivity index (χ0v) is 8.13. The monoisotopic (exact) mass is 217 g/mol. The Hall–Kier alpha value is -0.510. The number of nitrogen functional groups attached to an aromatic ring is 1. The van der Waals surface area contributed by atoms with Gasteiger partial charge in [0.15, 0.2) is 0 Å². The van der Waals surface area contributed by atoms with E-state index in [1.54, 1.807) is 6.20 Å². The van der Waals surface area contributed by atoms with E-state index in [1.807, 2.05) is 4.68 Å². The Morgan fingerprint density at radius 2 is 2.45 bits per heavy atom. The Labute approximate surface area is 74.7 Å². The first-order valence-electron chi connectivity index (χ1n) is 3.72. The molecule has 0 bridgehead atoms. The second kappa shape index (κ2) is 3.76. The van der Waals surface area contributed by atoms with E-state index in [9.17, 15) is 0 Å². The average molecular weight is 218 g/mol. The molecule has 0 saturated heterocycles. The molecular weight excluding hydrogens is 206 g/mol. The van der Waals surface area contributed by atoms with Crippen LogP contribution in [0.15, 0.2) is 10.7 Å². The predicted octanol–water partition coefficient (Wildman–Crippen LogP) is 2.03. The summed E-state index contributed by atoms with van der Waals surface area (Å²) in [5.74, 6) is 0.721. The van der Waals surface area contributed by atoms with Gasteiger partial charge in [-0.05, 0) is 22.4 Å². The van der Waals surface area contributed by atoms with E-state index in [0.717, 1.165) is 29.7 Å².